The molecule has 43 nitrogen and oxygen atoms in total. The van der Waals surface area contributed by atoms with E-state index >= 15 is 9.59 Å². The molecule has 0 saturated carbocycles. The van der Waals surface area contributed by atoms with Gasteiger partial charge in [-0.15, -0.1) is 34.0 Å². The second kappa shape index (κ2) is 46.4. The van der Waals surface area contributed by atoms with Crippen molar-refractivity contribution in [3.63, 3.8) is 0 Å². The molecule has 0 saturated heterocycles. The van der Waals surface area contributed by atoms with Crippen LogP contribution in [0.4, 0.5) is 0 Å². The van der Waals surface area contributed by atoms with Crippen molar-refractivity contribution in [1.82, 2.24) is 105 Å². The normalized spacial score (nSPS) is 22.1. The van der Waals surface area contributed by atoms with E-state index < -0.39 is 192 Å². The minimum atomic E-state index is -1.91. The molecule has 0 spiro atoms. The molecule has 666 valence electrons. The second-order valence-corrected chi connectivity index (χ2v) is 31.9. The summed E-state index contributed by atoms with van der Waals surface area (Å²) in [7, 11) is 1.17. The number of aromatic nitrogens is 5. The Balaban J connectivity index is 1.30. The summed E-state index contributed by atoms with van der Waals surface area (Å²) in [5.41, 5.74) is 17.2. The van der Waals surface area contributed by atoms with Crippen molar-refractivity contribution in [2.24, 2.45) is 29.0 Å². The van der Waals surface area contributed by atoms with Gasteiger partial charge in [-0.3, -0.25) is 73.8 Å². The third-order valence-electron chi connectivity index (χ3n) is 19.8. The van der Waals surface area contributed by atoms with Gasteiger partial charge in [0.25, 0.3) is 11.8 Å². The molecule has 123 heavy (non-hydrogen) atoms. The smallest absolute Gasteiger partial charge is 0.357 e. The zero-order chi connectivity index (χ0) is 90.6. The third kappa shape index (κ3) is 28.2. The van der Waals surface area contributed by atoms with Crippen LogP contribution in [-0.2, 0) is 59.1 Å². The van der Waals surface area contributed by atoms with Crippen LogP contribution >= 0.6 is 34.0 Å². The molecule has 0 fully saturated rings. The van der Waals surface area contributed by atoms with E-state index in [0.717, 1.165) is 40.9 Å². The van der Waals surface area contributed by atoms with Gasteiger partial charge in [0.15, 0.2) is 23.6 Å². The van der Waals surface area contributed by atoms with Crippen molar-refractivity contribution >= 4 is 145 Å². The minimum absolute atomic E-state index is 0.000475. The summed E-state index contributed by atoms with van der Waals surface area (Å²) >= 11 is 2.86. The number of guanidine groups is 3. The maximum Gasteiger partial charge on any atom is 0.357 e. The number of carbonyl (C=O) groups is 13. The number of methoxy groups -OCH3 is 1. The number of amides is 12. The number of nitrogens with zero attached hydrogens (tertiary/aromatic N) is 4. The summed E-state index contributed by atoms with van der Waals surface area (Å²) < 4.78 is 4.89. The van der Waals surface area contributed by atoms with Crippen molar-refractivity contribution in [1.29, 1.82) is 16.2 Å². The van der Waals surface area contributed by atoms with E-state index in [1.54, 1.807) is 58.2 Å². The van der Waals surface area contributed by atoms with E-state index in [0.29, 0.717) is 16.5 Å². The lowest BCUT2D eigenvalue weighted by atomic mass is 9.96. The number of para-hydroxylation sites is 1. The summed E-state index contributed by atoms with van der Waals surface area (Å²) in [5.74, 6) is -15.2. The molecule has 7 rings (SSSR count). The monoisotopic (exact) mass is 1760 g/mol. The van der Waals surface area contributed by atoms with Crippen molar-refractivity contribution in [3.8, 4) is 22.1 Å². The Morgan fingerprint density at radius 3 is 1.58 bits per heavy atom. The van der Waals surface area contributed by atoms with Crippen LogP contribution in [0.1, 0.15) is 160 Å². The number of rotatable bonds is 23. The number of carbonyl (C=O) groups excluding carboxylic acids is 13. The predicted molar refractivity (Wildman–Crippen MR) is 456 cm³/mol. The molecule has 5 aromatic heterocycles. The highest BCUT2D eigenvalue weighted by Gasteiger charge is 2.40. The number of aliphatic hydroxyl groups excluding tert-OH is 3. The Bertz CT molecular complexity index is 4830. The Hall–Kier alpha value is -12.7. The predicted octanol–water partition coefficient (Wildman–Crippen LogP) is -2.00. The number of pyridine rings is 1. The number of nitrogens with two attached hydrogens (primary N) is 3. The summed E-state index contributed by atoms with van der Waals surface area (Å²) in [6.45, 7) is 14.8. The fourth-order valence-electron chi connectivity index (χ4n) is 12.5. The van der Waals surface area contributed by atoms with Crippen LogP contribution in [0.5, 0.6) is 0 Å². The SMILES string of the molecule is C=C1NC(=O)c2csc(n2)[C@H]([C@@H](C)O)NC(=O)[C@H](C)NC(=O)[C@H]([C@@H](C)CC)NC(=O)[C@H](CCCNC(=N)N)NC(=O)CNC(=O)[C@H](CCCNC(=N)N)NC(=O)[C@H]([C@@H](C)O)NC(=O)[C@H](CCCNC(=N)N)NC(=O)[C@H]([C@@H](C)CC)NC(=O)[C@H]([C@@H](C)O)NC(=O)[C@H](Cc2c[nH]c3ccccc23)NC(=O)c2ccc(-c3nc(C(=O)OC)cs3)nc2-c2csc1n2. The van der Waals surface area contributed by atoms with Gasteiger partial charge in [0.2, 0.25) is 59.1 Å². The van der Waals surface area contributed by atoms with Gasteiger partial charge >= 0.3 is 5.97 Å². The van der Waals surface area contributed by atoms with Gasteiger partial charge in [-0.1, -0.05) is 65.3 Å². The van der Waals surface area contributed by atoms with E-state index in [-0.39, 0.29) is 132 Å². The van der Waals surface area contributed by atoms with Gasteiger partial charge < -0.3 is 122 Å². The number of thiazole rings is 3. The van der Waals surface area contributed by atoms with Gasteiger partial charge in [0.05, 0.1) is 48.9 Å². The molecule has 1 aromatic carbocycles. The molecule has 0 unspecified atom stereocenters. The lowest BCUT2D eigenvalue weighted by molar-refractivity contribution is -0.137. The number of esters is 1. The van der Waals surface area contributed by atoms with Crippen LogP contribution in [-0.4, -0.2) is 241 Å². The van der Waals surface area contributed by atoms with Gasteiger partial charge in [0.1, 0.15) is 92.5 Å². The number of nitrogens with one attached hydrogen (secondary N) is 19. The number of H-pyrrole nitrogens is 1. The molecule has 0 radical (unpaired) electrons. The highest BCUT2D eigenvalue weighted by Crippen LogP contribution is 2.32. The fourth-order valence-corrected chi connectivity index (χ4v) is 15.0. The number of aromatic amines is 1. The first-order chi connectivity index (χ1) is 58.3. The van der Waals surface area contributed by atoms with Crippen LogP contribution in [0.3, 0.4) is 0 Å². The van der Waals surface area contributed by atoms with Crippen LogP contribution in [0.2, 0.25) is 0 Å². The van der Waals surface area contributed by atoms with E-state index in [1.807, 2.05) is 0 Å². The minimum Gasteiger partial charge on any atom is -0.464 e. The Kier molecular flexibility index (Phi) is 36.8. The zero-order valence-electron chi connectivity index (χ0n) is 69.1. The summed E-state index contributed by atoms with van der Waals surface area (Å²) in [4.78, 5) is 209. The molecule has 28 N–H and O–H groups in total. The molecule has 46 heteroatoms. The molecule has 12 amide bonds. The Labute approximate surface area is 719 Å². The van der Waals surface area contributed by atoms with Gasteiger partial charge in [0, 0.05) is 59.3 Å². The van der Waals surface area contributed by atoms with Crippen LogP contribution in [0, 0.1) is 28.1 Å². The molecular weight excluding hydrogens is 1660 g/mol. The average Bonchev–Trinajstić information content (AvgIpc) is 1.70. The molecular formula is C77H108N26O17S3. The van der Waals surface area contributed by atoms with Crippen LogP contribution < -0.4 is 97.0 Å². The summed E-state index contributed by atoms with van der Waals surface area (Å²) in [6.07, 6.45) is -3.60. The number of hydrogen-bond donors (Lipinski definition) is 25. The molecule has 0 aliphatic carbocycles. The van der Waals surface area contributed by atoms with Crippen molar-refractivity contribution in [3.05, 3.63) is 97.8 Å². The summed E-state index contributed by atoms with van der Waals surface area (Å²) in [5, 5.41) is 101. The van der Waals surface area contributed by atoms with Crippen molar-refractivity contribution < 1.29 is 82.4 Å². The van der Waals surface area contributed by atoms with E-state index in [2.05, 4.69) is 101 Å². The highest BCUT2D eigenvalue weighted by atomic mass is 32.1. The van der Waals surface area contributed by atoms with Gasteiger partial charge in [-0.05, 0) is 102 Å². The number of aliphatic hydroxyl groups is 3. The lowest BCUT2D eigenvalue weighted by Crippen LogP contribution is -2.63. The van der Waals surface area contributed by atoms with Crippen LogP contribution in [0.25, 0.3) is 38.7 Å². The molecule has 1 aliphatic heterocycles. The second-order valence-electron chi connectivity index (χ2n) is 29.3. The standard InChI is InChI=1S/C77H108N26O17S3/c1-11-34(3)54-67(115)89-36(5)60(108)103-58(40(9)106)73-97-51(32-123-73)66(114)90-37(6)71-96-50(31-121-71)59-43(23-24-48(92-59)72-98-52(33-122-72)74(119)120-10)61(109)95-49(28-41-29-87-44-19-14-13-18-42(41)44)65(113)102-57(39(8)105)70(118)100-55(35(4)12-2)68(116)94-47(22-17-27-86-77(82)83)64(112)101-56(38(7)104)69(117)93-45(20-15-25-84-75(78)79)62(110)88-30-53(107)91-46(63(111)99-54)21-16-26-85-76(80)81/h13-14,18-19,23-24,29,31-36,38-40,45-47,49,54-58,87,104-106H,6,11-12,15-17,20-22,25-28,30H2,1-5,7-10H3,(H,88,110)(H,89,115)(H,90,114)(H,91,107)(H,93,117)(H,94,116)(H,95,109)(H,99,111)(H,100,118)(H,101,112)(H,102,113)(H,103,108)(H4,78,79,84)(H4,80,81,85)(H4,82,83,86)/t34-,35-,36-,38+,39+,40+,45-,46-,47-,49-,54-,55-,56-,57-,58-/m0/s1. The van der Waals surface area contributed by atoms with E-state index in [9.17, 15) is 68.1 Å². The Morgan fingerprint density at radius 2 is 1.02 bits per heavy atom. The zero-order valence-corrected chi connectivity index (χ0v) is 71.6. The van der Waals surface area contributed by atoms with Crippen LogP contribution in [0.15, 0.2) is 65.3 Å². The van der Waals surface area contributed by atoms with Gasteiger partial charge in [-0.25, -0.2) is 24.7 Å². The number of hydrogen-bond acceptors (Lipinski definition) is 27. The van der Waals surface area contributed by atoms with Gasteiger partial charge in [-0.2, -0.15) is 0 Å². The third-order valence-corrected chi connectivity index (χ3v) is 22.5. The van der Waals surface area contributed by atoms with Crippen molar-refractivity contribution in [2.45, 2.75) is 192 Å². The first-order valence-corrected chi connectivity index (χ1v) is 42.1. The number of fused-ring (bicyclic) bond motifs is 7. The lowest BCUT2D eigenvalue weighted by Gasteiger charge is -2.30. The highest BCUT2D eigenvalue weighted by molar-refractivity contribution is 7.13. The first-order valence-electron chi connectivity index (χ1n) is 39.4. The fraction of sp³-hybridized carbons (Fsp3) is 0.481. The topological polar surface area (TPSA) is 689 Å². The van der Waals surface area contributed by atoms with E-state index in [1.165, 1.54) is 56.2 Å². The maximum atomic E-state index is 15.3. The number of benzene rings is 1. The quantitative estimate of drug-likeness (QED) is 0.0143. The summed E-state index contributed by atoms with van der Waals surface area (Å²) in [6, 6.07) is -5.84. The Morgan fingerprint density at radius 1 is 0.537 bits per heavy atom. The van der Waals surface area contributed by atoms with E-state index in [4.69, 9.17) is 48.1 Å². The molecule has 6 aromatic rings. The molecule has 6 heterocycles. The largest absolute Gasteiger partial charge is 0.464 e. The van der Waals surface area contributed by atoms with Crippen molar-refractivity contribution in [2.75, 3.05) is 33.3 Å². The maximum absolute atomic E-state index is 15.3. The molecule has 4 bridgehead atoms. The first kappa shape index (κ1) is 97.5. The number of ether oxygens (including phenoxy) is 1. The molecule has 1 aliphatic rings. The average molecular weight is 1770 g/mol. The molecule has 15 atom stereocenters.